The average molecular weight is 1070 g/mol. The molecule has 0 spiro atoms. The zero-order valence-electron chi connectivity index (χ0n) is 41.9. The number of aromatic carboxylic acids is 1. The summed E-state index contributed by atoms with van der Waals surface area (Å²) in [5.74, 6) is -2.03. The maximum Gasteiger partial charge on any atom is 0.335 e. The van der Waals surface area contributed by atoms with Crippen LogP contribution in [-0.2, 0) is 37.1 Å². The van der Waals surface area contributed by atoms with Gasteiger partial charge in [0.05, 0.1) is 37.8 Å². The van der Waals surface area contributed by atoms with Crippen LogP contribution in [-0.4, -0.2) is 57.1 Å². The molecule has 4 aromatic carbocycles. The van der Waals surface area contributed by atoms with Crippen molar-refractivity contribution in [1.29, 1.82) is 0 Å². The number of carbonyl (C=O) groups excluding carboxylic acids is 1. The zero-order chi connectivity index (χ0) is 53.9. The molecule has 0 aliphatic carbocycles. The number of nitrogens with zero attached hydrogens (tertiary/aromatic N) is 4. The predicted molar refractivity (Wildman–Crippen MR) is 297 cm³/mol. The van der Waals surface area contributed by atoms with E-state index in [4.69, 9.17) is 34.0 Å². The van der Waals surface area contributed by atoms with E-state index in [1.165, 1.54) is 24.4 Å². The standard InChI is InChI=1S/C29H26ClFN4O2.C20H20N2O3.C9H8ClFN2.CH4/c1-16-6-19-7-17(9-23(29(2,3)37)27(19)34-13-16)8-21-10-18(4-5-32-21)28(36)35-14-20-11-22-24(30)15-33-26(22)12-25(20)31;1-12-6-15-7-13(8-16-10-14(19(23)24)4-5-21-16)9-17(20(2,3)25)18(15)22-11-12;10-7-4-13-9-2-8(11)5(3-12)1-6(7)9;/h4-7,9-13,15,33,37H,8,14H2,1-3H3,(H,35,36);4-7,9-11,25H,8H2,1-3H3,(H,23,24);1-2,4,13H,3,12H2;1H4. The highest BCUT2D eigenvalue weighted by Crippen LogP contribution is 2.32. The lowest BCUT2D eigenvalue weighted by molar-refractivity contribution is 0.0695. The third-order valence-corrected chi connectivity index (χ3v) is 13.1. The Balaban J connectivity index is 0.000000185. The molecule has 0 aliphatic rings. The van der Waals surface area contributed by atoms with Gasteiger partial charge in [-0.1, -0.05) is 42.8 Å². The Kier molecular flexibility index (Phi) is 17.0. The summed E-state index contributed by atoms with van der Waals surface area (Å²) < 4.78 is 27.7. The molecule has 0 fully saturated rings. The molecule has 6 heterocycles. The molecule has 76 heavy (non-hydrogen) atoms. The highest BCUT2D eigenvalue weighted by atomic mass is 35.5. The molecule has 0 unspecified atom stereocenters. The van der Waals surface area contributed by atoms with Gasteiger partial charge in [0.25, 0.3) is 5.91 Å². The molecule has 10 rings (SSSR count). The number of hydrogen-bond donors (Lipinski definition) is 7. The second-order valence-electron chi connectivity index (χ2n) is 19.4. The molecule has 0 bridgehead atoms. The third kappa shape index (κ3) is 13.0. The second-order valence-corrected chi connectivity index (χ2v) is 20.3. The summed E-state index contributed by atoms with van der Waals surface area (Å²) in [5, 5.41) is 37.7. The topological polar surface area (TPSA) is 216 Å². The van der Waals surface area contributed by atoms with Gasteiger partial charge >= 0.3 is 5.97 Å². The van der Waals surface area contributed by atoms with Crippen LogP contribution in [0.15, 0.2) is 122 Å². The Labute approximate surface area is 448 Å². The van der Waals surface area contributed by atoms with Gasteiger partial charge in [0, 0.05) is 135 Å². The fraction of sp³-hybridized carbons (Fsp3) is 0.220. The molecule has 10 aromatic rings. The number of hydrogen-bond acceptors (Lipinski definition) is 9. The van der Waals surface area contributed by atoms with E-state index in [1.807, 2.05) is 50.2 Å². The van der Waals surface area contributed by atoms with Crippen LogP contribution in [0.2, 0.25) is 10.0 Å². The van der Waals surface area contributed by atoms with Crippen LogP contribution in [0.5, 0.6) is 0 Å². The van der Waals surface area contributed by atoms with E-state index in [0.717, 1.165) is 60.6 Å². The first-order valence-corrected chi connectivity index (χ1v) is 24.6. The summed E-state index contributed by atoms with van der Waals surface area (Å²) in [4.78, 5) is 47.5. The van der Waals surface area contributed by atoms with Crippen molar-refractivity contribution in [3.05, 3.63) is 211 Å². The van der Waals surface area contributed by atoms with E-state index in [2.05, 4.69) is 35.2 Å². The van der Waals surface area contributed by atoms with Crippen LogP contribution in [0, 0.1) is 25.5 Å². The number of carboxylic acid groups (broad SMARTS) is 1. The minimum Gasteiger partial charge on any atom is -0.478 e. The molecule has 17 heteroatoms. The van der Waals surface area contributed by atoms with E-state index < -0.39 is 23.0 Å². The molecule has 0 aliphatic heterocycles. The number of aromatic amines is 2. The van der Waals surface area contributed by atoms with E-state index in [9.17, 15) is 28.6 Å². The average Bonchev–Trinajstić information content (AvgIpc) is 3.92. The number of rotatable bonds is 11. The summed E-state index contributed by atoms with van der Waals surface area (Å²) in [6.07, 6.45) is 10.8. The fourth-order valence-electron chi connectivity index (χ4n) is 8.70. The van der Waals surface area contributed by atoms with Crippen molar-refractivity contribution >= 4 is 78.7 Å². The second kappa shape index (κ2) is 23.1. The molecule has 0 saturated carbocycles. The van der Waals surface area contributed by atoms with Crippen molar-refractivity contribution in [2.75, 3.05) is 0 Å². The van der Waals surface area contributed by atoms with Gasteiger partial charge < -0.3 is 36.3 Å². The number of nitrogens with two attached hydrogens (primary N) is 1. The number of aromatic nitrogens is 6. The van der Waals surface area contributed by atoms with Gasteiger partial charge in [-0.2, -0.15) is 0 Å². The quantitative estimate of drug-likeness (QED) is 0.0650. The van der Waals surface area contributed by atoms with Gasteiger partial charge in [-0.05, 0) is 137 Å². The van der Waals surface area contributed by atoms with E-state index in [1.54, 1.807) is 89.0 Å². The van der Waals surface area contributed by atoms with Crippen LogP contribution in [0.4, 0.5) is 8.78 Å². The number of nitrogens with one attached hydrogen (secondary N) is 3. The largest absolute Gasteiger partial charge is 0.478 e. The third-order valence-electron chi connectivity index (χ3n) is 12.4. The summed E-state index contributed by atoms with van der Waals surface area (Å²) >= 11 is 12.0. The number of halogens is 4. The van der Waals surface area contributed by atoms with E-state index in [-0.39, 0.29) is 37.8 Å². The van der Waals surface area contributed by atoms with Crippen LogP contribution >= 0.6 is 23.2 Å². The van der Waals surface area contributed by atoms with Crippen molar-refractivity contribution < 1.29 is 33.7 Å². The maximum atomic E-state index is 14.5. The number of carbonyl (C=O) groups is 2. The van der Waals surface area contributed by atoms with Crippen LogP contribution in [0.1, 0.15) is 112 Å². The first kappa shape index (κ1) is 56.1. The predicted octanol–water partition coefficient (Wildman–Crippen LogP) is 12.5. The lowest BCUT2D eigenvalue weighted by atomic mass is 9.91. The smallest absolute Gasteiger partial charge is 0.335 e. The first-order valence-electron chi connectivity index (χ1n) is 23.8. The summed E-state index contributed by atoms with van der Waals surface area (Å²) in [5.41, 5.74) is 14.3. The van der Waals surface area contributed by atoms with Crippen molar-refractivity contribution in [3.8, 4) is 0 Å². The molecule has 0 saturated heterocycles. The van der Waals surface area contributed by atoms with Crippen molar-refractivity contribution in [2.24, 2.45) is 5.73 Å². The Morgan fingerprint density at radius 2 is 1.09 bits per heavy atom. The van der Waals surface area contributed by atoms with Crippen LogP contribution in [0.25, 0.3) is 43.6 Å². The number of benzene rings is 4. The molecule has 392 valence electrons. The van der Waals surface area contributed by atoms with E-state index in [0.29, 0.717) is 67.4 Å². The van der Waals surface area contributed by atoms with Gasteiger partial charge in [-0.15, -0.1) is 0 Å². The minimum absolute atomic E-state index is 0. The van der Waals surface area contributed by atoms with Gasteiger partial charge in [-0.25, -0.2) is 13.6 Å². The number of fused-ring (bicyclic) bond motifs is 4. The summed E-state index contributed by atoms with van der Waals surface area (Å²) in [6.45, 7) is 11.1. The van der Waals surface area contributed by atoms with Crippen molar-refractivity contribution in [3.63, 3.8) is 0 Å². The van der Waals surface area contributed by atoms with Gasteiger partial charge in [0.1, 0.15) is 11.6 Å². The van der Waals surface area contributed by atoms with Gasteiger partial charge in [0.15, 0.2) is 0 Å². The number of amides is 1. The monoisotopic (exact) mass is 1070 g/mol. The van der Waals surface area contributed by atoms with Gasteiger partial charge in [0.2, 0.25) is 0 Å². The number of aryl methyl sites for hydroxylation is 2. The summed E-state index contributed by atoms with van der Waals surface area (Å²) in [6, 6.07) is 24.4. The maximum absolute atomic E-state index is 14.5. The fourth-order valence-corrected chi connectivity index (χ4v) is 9.12. The molecule has 0 atom stereocenters. The van der Waals surface area contributed by atoms with Crippen LogP contribution < -0.4 is 11.1 Å². The number of carboxylic acids is 1. The Bertz CT molecular complexity index is 3790. The molecule has 0 radical (unpaired) electrons. The Morgan fingerprint density at radius 1 is 0.645 bits per heavy atom. The van der Waals surface area contributed by atoms with Crippen LogP contribution in [0.3, 0.4) is 0 Å². The van der Waals surface area contributed by atoms with Gasteiger partial charge in [-0.3, -0.25) is 24.7 Å². The van der Waals surface area contributed by atoms with Crippen molar-refractivity contribution in [1.82, 2.24) is 35.2 Å². The highest BCUT2D eigenvalue weighted by molar-refractivity contribution is 6.36. The molecule has 1 amide bonds. The zero-order valence-corrected chi connectivity index (χ0v) is 43.4. The molecular formula is C59H58Cl2F2N8O5. The lowest BCUT2D eigenvalue weighted by Gasteiger charge is -2.21. The molecular weight excluding hydrogens is 1010 g/mol. The number of pyridine rings is 4. The van der Waals surface area contributed by atoms with E-state index >= 15 is 0 Å². The van der Waals surface area contributed by atoms with Crippen molar-refractivity contribution in [2.45, 2.75) is 86.1 Å². The first-order chi connectivity index (χ1) is 35.5. The molecule has 6 aromatic heterocycles. The molecule has 13 nitrogen and oxygen atoms in total. The number of aliphatic hydroxyl groups is 2. The SMILES string of the molecule is C.Cc1cnc2c(C(C)(C)O)cc(Cc3cc(C(=O)NCc4cc5c(Cl)c[nH]c5cc4F)ccn3)cc2c1.Cc1cnc2c(C(C)(C)O)cc(Cc3cc(C(=O)O)ccn3)cc2c1.NCc1cc2c(Cl)c[nH]c2cc1F. The molecule has 8 N–H and O–H groups in total. The summed E-state index contributed by atoms with van der Waals surface area (Å²) in [7, 11) is 0. The normalized spacial score (nSPS) is 11.5. The lowest BCUT2D eigenvalue weighted by Crippen LogP contribution is -2.23. The Hall–Kier alpha value is -7.66. The minimum atomic E-state index is -1.07. The highest BCUT2D eigenvalue weighted by Gasteiger charge is 2.23. The Morgan fingerprint density at radius 3 is 1.55 bits per heavy atom. The number of H-pyrrole nitrogens is 2.